The van der Waals surface area contributed by atoms with Gasteiger partial charge in [-0.25, -0.2) is 4.98 Å². The highest BCUT2D eigenvalue weighted by molar-refractivity contribution is 5.78. The molecule has 3 N–H and O–H groups in total. The maximum atomic E-state index is 5.80. The lowest BCUT2D eigenvalue weighted by molar-refractivity contribution is 0.0750. The molecule has 1 unspecified atom stereocenters. The molecule has 3 rings (SSSR count). The van der Waals surface area contributed by atoms with Gasteiger partial charge in [0.1, 0.15) is 5.82 Å². The second-order valence-electron chi connectivity index (χ2n) is 5.74. The topological polar surface area (TPSA) is 67.2 Å². The van der Waals surface area contributed by atoms with Crippen LogP contribution >= 0.6 is 0 Å². The van der Waals surface area contributed by atoms with Gasteiger partial charge >= 0.3 is 0 Å². The van der Waals surface area contributed by atoms with Crippen LogP contribution in [0.2, 0.25) is 0 Å². The number of benzene rings is 1. The standard InChI is InChI=1S/C16H24N4O/c1-2-20(11-13-4-3-9-21-13)8-7-16-18-14-6-5-12(17)10-15(14)19-16/h5-6,10,13H,2-4,7-9,11,17H2,1H3,(H,18,19). The summed E-state index contributed by atoms with van der Waals surface area (Å²) < 4.78 is 5.72. The number of nitrogen functional groups attached to an aromatic ring is 1. The normalized spacial score (nSPS) is 18.9. The van der Waals surface area contributed by atoms with Gasteiger partial charge in [0, 0.05) is 31.8 Å². The lowest BCUT2D eigenvalue weighted by atomic mass is 10.2. The van der Waals surface area contributed by atoms with Crippen LogP contribution in [-0.2, 0) is 11.2 Å². The molecule has 5 nitrogen and oxygen atoms in total. The maximum absolute atomic E-state index is 5.80. The van der Waals surface area contributed by atoms with Crippen molar-refractivity contribution in [3.8, 4) is 0 Å². The number of hydrogen-bond acceptors (Lipinski definition) is 4. The van der Waals surface area contributed by atoms with Crippen molar-refractivity contribution >= 4 is 16.7 Å². The first-order valence-corrected chi connectivity index (χ1v) is 7.82. The van der Waals surface area contributed by atoms with Gasteiger partial charge in [0.25, 0.3) is 0 Å². The van der Waals surface area contributed by atoms with Crippen molar-refractivity contribution in [2.24, 2.45) is 0 Å². The Labute approximate surface area is 125 Å². The van der Waals surface area contributed by atoms with E-state index in [1.54, 1.807) is 0 Å². The molecule has 0 radical (unpaired) electrons. The summed E-state index contributed by atoms with van der Waals surface area (Å²) in [6.07, 6.45) is 3.74. The number of imidazole rings is 1. The molecule has 21 heavy (non-hydrogen) atoms. The highest BCUT2D eigenvalue weighted by Gasteiger charge is 2.18. The molecular formula is C16H24N4O. The number of nitrogens with zero attached hydrogens (tertiary/aromatic N) is 2. The Kier molecular flexibility index (Phi) is 4.41. The Hall–Kier alpha value is -1.59. The molecule has 0 aliphatic carbocycles. The van der Waals surface area contributed by atoms with E-state index < -0.39 is 0 Å². The van der Waals surface area contributed by atoms with E-state index in [1.165, 1.54) is 12.8 Å². The smallest absolute Gasteiger partial charge is 0.108 e. The molecule has 0 saturated carbocycles. The van der Waals surface area contributed by atoms with Crippen molar-refractivity contribution in [3.63, 3.8) is 0 Å². The fourth-order valence-electron chi connectivity index (χ4n) is 2.92. The van der Waals surface area contributed by atoms with Gasteiger partial charge in [-0.15, -0.1) is 0 Å². The molecule has 2 aromatic rings. The van der Waals surface area contributed by atoms with Crippen LogP contribution in [0.1, 0.15) is 25.6 Å². The van der Waals surface area contributed by atoms with Gasteiger partial charge in [-0.2, -0.15) is 0 Å². The molecule has 1 aromatic carbocycles. The van der Waals surface area contributed by atoms with Crippen LogP contribution < -0.4 is 5.73 Å². The molecule has 2 heterocycles. The molecule has 0 bridgehead atoms. The number of anilines is 1. The van der Waals surface area contributed by atoms with Crippen LogP contribution in [0, 0.1) is 0 Å². The lowest BCUT2D eigenvalue weighted by Crippen LogP contribution is -2.33. The molecular weight excluding hydrogens is 264 g/mol. The number of aromatic amines is 1. The zero-order chi connectivity index (χ0) is 14.7. The van der Waals surface area contributed by atoms with Gasteiger partial charge in [-0.1, -0.05) is 6.92 Å². The van der Waals surface area contributed by atoms with E-state index in [1.807, 2.05) is 18.2 Å². The Balaban J connectivity index is 1.58. The van der Waals surface area contributed by atoms with E-state index in [0.717, 1.165) is 55.2 Å². The molecule has 1 fully saturated rings. The number of nitrogens with two attached hydrogens (primary N) is 1. The molecule has 0 amide bonds. The Morgan fingerprint density at radius 1 is 1.48 bits per heavy atom. The van der Waals surface area contributed by atoms with Crippen molar-refractivity contribution in [2.75, 3.05) is 32.0 Å². The minimum absolute atomic E-state index is 0.417. The van der Waals surface area contributed by atoms with E-state index in [0.29, 0.717) is 6.10 Å². The van der Waals surface area contributed by atoms with Crippen molar-refractivity contribution in [2.45, 2.75) is 32.3 Å². The second-order valence-corrected chi connectivity index (χ2v) is 5.74. The zero-order valence-electron chi connectivity index (χ0n) is 12.6. The van der Waals surface area contributed by atoms with Gasteiger partial charge in [-0.05, 0) is 37.6 Å². The molecule has 114 valence electrons. The van der Waals surface area contributed by atoms with Crippen LogP contribution in [0.25, 0.3) is 11.0 Å². The number of aromatic nitrogens is 2. The molecule has 1 aliphatic heterocycles. The van der Waals surface area contributed by atoms with E-state index in [9.17, 15) is 0 Å². The number of nitrogens with one attached hydrogen (secondary N) is 1. The molecule has 1 atom stereocenters. The SMILES string of the molecule is CCN(CCc1nc2ccc(N)cc2[nH]1)CC1CCCO1. The van der Waals surface area contributed by atoms with Gasteiger partial charge < -0.3 is 20.4 Å². The van der Waals surface area contributed by atoms with E-state index in [-0.39, 0.29) is 0 Å². The van der Waals surface area contributed by atoms with Crippen molar-refractivity contribution < 1.29 is 4.74 Å². The lowest BCUT2D eigenvalue weighted by Gasteiger charge is -2.23. The minimum atomic E-state index is 0.417. The fourth-order valence-corrected chi connectivity index (χ4v) is 2.92. The Morgan fingerprint density at radius 2 is 2.38 bits per heavy atom. The first-order chi connectivity index (χ1) is 10.2. The average molecular weight is 288 g/mol. The van der Waals surface area contributed by atoms with Crippen LogP contribution in [0.4, 0.5) is 5.69 Å². The Bertz CT molecular complexity index is 589. The highest BCUT2D eigenvalue weighted by Crippen LogP contribution is 2.16. The maximum Gasteiger partial charge on any atom is 0.108 e. The van der Waals surface area contributed by atoms with E-state index in [2.05, 4.69) is 21.8 Å². The molecule has 5 heteroatoms. The molecule has 0 spiro atoms. The summed E-state index contributed by atoms with van der Waals surface area (Å²) >= 11 is 0. The minimum Gasteiger partial charge on any atom is -0.399 e. The van der Waals surface area contributed by atoms with Crippen LogP contribution in [0.3, 0.4) is 0 Å². The highest BCUT2D eigenvalue weighted by atomic mass is 16.5. The van der Waals surface area contributed by atoms with E-state index in [4.69, 9.17) is 10.5 Å². The number of rotatable bonds is 6. The first-order valence-electron chi connectivity index (χ1n) is 7.82. The quantitative estimate of drug-likeness (QED) is 0.800. The summed E-state index contributed by atoms with van der Waals surface area (Å²) in [5.74, 6) is 1.03. The van der Waals surface area contributed by atoms with Crippen molar-refractivity contribution in [1.29, 1.82) is 0 Å². The summed E-state index contributed by atoms with van der Waals surface area (Å²) in [4.78, 5) is 10.4. The van der Waals surface area contributed by atoms with Gasteiger partial charge in [-0.3, -0.25) is 0 Å². The van der Waals surface area contributed by atoms with Gasteiger partial charge in [0.2, 0.25) is 0 Å². The first kappa shape index (κ1) is 14.4. The van der Waals surface area contributed by atoms with Crippen LogP contribution in [0.5, 0.6) is 0 Å². The zero-order valence-corrected chi connectivity index (χ0v) is 12.6. The summed E-state index contributed by atoms with van der Waals surface area (Å²) in [6.45, 7) is 6.21. The predicted molar refractivity (Wildman–Crippen MR) is 85.3 cm³/mol. The largest absolute Gasteiger partial charge is 0.399 e. The molecule has 1 aromatic heterocycles. The number of hydrogen-bond donors (Lipinski definition) is 2. The van der Waals surface area contributed by atoms with Crippen LogP contribution in [-0.4, -0.2) is 47.2 Å². The number of fused-ring (bicyclic) bond motifs is 1. The van der Waals surface area contributed by atoms with Crippen molar-refractivity contribution in [3.05, 3.63) is 24.0 Å². The molecule has 1 aliphatic rings. The number of likely N-dealkylation sites (N-methyl/N-ethyl adjacent to an activating group) is 1. The number of H-pyrrole nitrogens is 1. The van der Waals surface area contributed by atoms with Gasteiger partial charge in [0.15, 0.2) is 0 Å². The predicted octanol–water partition coefficient (Wildman–Crippen LogP) is 2.19. The third-order valence-electron chi connectivity index (χ3n) is 4.15. The third-order valence-corrected chi connectivity index (χ3v) is 4.15. The van der Waals surface area contributed by atoms with Gasteiger partial charge in [0.05, 0.1) is 17.1 Å². The summed E-state index contributed by atoms with van der Waals surface area (Å²) in [7, 11) is 0. The summed E-state index contributed by atoms with van der Waals surface area (Å²) in [5, 5.41) is 0. The third kappa shape index (κ3) is 3.54. The fraction of sp³-hybridized carbons (Fsp3) is 0.562. The Morgan fingerprint density at radius 3 is 3.14 bits per heavy atom. The summed E-state index contributed by atoms with van der Waals surface area (Å²) in [5.41, 5.74) is 8.58. The van der Waals surface area contributed by atoms with Crippen molar-refractivity contribution in [1.82, 2.24) is 14.9 Å². The second kappa shape index (κ2) is 6.45. The monoisotopic (exact) mass is 288 g/mol. The van der Waals surface area contributed by atoms with Crippen LogP contribution in [0.15, 0.2) is 18.2 Å². The average Bonchev–Trinajstić information content (AvgIpc) is 3.11. The van der Waals surface area contributed by atoms with E-state index >= 15 is 0 Å². The summed E-state index contributed by atoms with van der Waals surface area (Å²) in [6, 6.07) is 5.80. The number of ether oxygens (including phenoxy) is 1. The molecule has 1 saturated heterocycles.